The summed E-state index contributed by atoms with van der Waals surface area (Å²) >= 11 is 0. The van der Waals surface area contributed by atoms with E-state index in [0.717, 1.165) is 42.2 Å². The van der Waals surface area contributed by atoms with Crippen molar-refractivity contribution >= 4 is 5.82 Å². The smallest absolute Gasteiger partial charge is 0.129 e. The number of hydrogen-bond acceptors (Lipinski definition) is 4. The van der Waals surface area contributed by atoms with Gasteiger partial charge in [-0.15, -0.1) is 0 Å². The third-order valence-corrected chi connectivity index (χ3v) is 2.62. The molecule has 0 fully saturated rings. The van der Waals surface area contributed by atoms with Gasteiger partial charge < -0.3 is 5.32 Å². The van der Waals surface area contributed by atoms with Crippen LogP contribution in [0.5, 0.6) is 0 Å². The summed E-state index contributed by atoms with van der Waals surface area (Å²) < 4.78 is 0. The number of H-pyrrole nitrogens is 1. The summed E-state index contributed by atoms with van der Waals surface area (Å²) in [5, 5.41) is 10.2. The predicted molar refractivity (Wildman–Crippen MR) is 66.7 cm³/mol. The van der Waals surface area contributed by atoms with Crippen LogP contribution < -0.4 is 5.32 Å². The van der Waals surface area contributed by atoms with Gasteiger partial charge in [0.05, 0.1) is 6.20 Å². The normalized spacial score (nSPS) is 10.5. The van der Waals surface area contributed by atoms with Crippen LogP contribution in [0, 0.1) is 6.92 Å². The van der Waals surface area contributed by atoms with Gasteiger partial charge in [-0.1, -0.05) is 13.3 Å². The number of nitrogens with one attached hydrogen (secondary N) is 2. The first-order chi connectivity index (χ1) is 8.29. The second-order valence-electron chi connectivity index (χ2n) is 4.02. The third kappa shape index (κ3) is 3.03. The molecule has 0 aliphatic rings. The van der Waals surface area contributed by atoms with Gasteiger partial charge in [0.2, 0.25) is 0 Å². The lowest BCUT2D eigenvalue weighted by Crippen LogP contribution is -2.03. The molecule has 2 N–H and O–H groups in total. The standard InChI is InChI=1S/C12H17N5/c1-3-4-11-5-12(15-8-14-11)13-6-10-7-16-17-9(10)2/h5,7-8H,3-4,6H2,1-2H3,(H,16,17)(H,13,14,15). The molecule has 5 nitrogen and oxygen atoms in total. The van der Waals surface area contributed by atoms with Gasteiger partial charge in [0.25, 0.3) is 0 Å². The quantitative estimate of drug-likeness (QED) is 0.826. The lowest BCUT2D eigenvalue weighted by molar-refractivity contribution is 0.871. The Labute approximate surface area is 101 Å². The Morgan fingerprint density at radius 1 is 1.35 bits per heavy atom. The highest BCUT2D eigenvalue weighted by atomic mass is 15.1. The van der Waals surface area contributed by atoms with E-state index in [0.29, 0.717) is 0 Å². The molecule has 2 heterocycles. The molecule has 0 spiro atoms. The van der Waals surface area contributed by atoms with Gasteiger partial charge in [-0.05, 0) is 13.3 Å². The second kappa shape index (κ2) is 5.43. The van der Waals surface area contributed by atoms with Crippen LogP contribution in [0.3, 0.4) is 0 Å². The Kier molecular flexibility index (Phi) is 3.69. The lowest BCUT2D eigenvalue weighted by Gasteiger charge is -2.05. The zero-order valence-corrected chi connectivity index (χ0v) is 10.2. The summed E-state index contributed by atoms with van der Waals surface area (Å²) in [7, 11) is 0. The SMILES string of the molecule is CCCc1cc(NCc2cn[nH]c2C)ncn1. The molecular weight excluding hydrogens is 214 g/mol. The average molecular weight is 231 g/mol. The number of aromatic nitrogens is 4. The molecule has 17 heavy (non-hydrogen) atoms. The van der Waals surface area contributed by atoms with E-state index in [1.54, 1.807) is 6.33 Å². The molecule has 2 rings (SSSR count). The van der Waals surface area contributed by atoms with E-state index < -0.39 is 0 Å². The van der Waals surface area contributed by atoms with Gasteiger partial charge in [0, 0.05) is 29.6 Å². The fourth-order valence-corrected chi connectivity index (χ4v) is 1.63. The van der Waals surface area contributed by atoms with E-state index in [4.69, 9.17) is 0 Å². The number of nitrogens with zero attached hydrogens (tertiary/aromatic N) is 3. The zero-order valence-electron chi connectivity index (χ0n) is 10.2. The van der Waals surface area contributed by atoms with Crippen molar-refractivity contribution in [1.29, 1.82) is 0 Å². The fraction of sp³-hybridized carbons (Fsp3) is 0.417. The van der Waals surface area contributed by atoms with E-state index in [9.17, 15) is 0 Å². The Balaban J connectivity index is 1.99. The second-order valence-corrected chi connectivity index (χ2v) is 4.02. The molecule has 5 heteroatoms. The van der Waals surface area contributed by atoms with Gasteiger partial charge in [-0.2, -0.15) is 5.10 Å². The van der Waals surface area contributed by atoms with E-state index in [1.165, 1.54) is 0 Å². The van der Waals surface area contributed by atoms with E-state index in [1.807, 2.05) is 19.2 Å². The summed E-state index contributed by atoms with van der Waals surface area (Å²) in [6, 6.07) is 2.00. The fourth-order valence-electron chi connectivity index (χ4n) is 1.63. The first kappa shape index (κ1) is 11.6. The topological polar surface area (TPSA) is 66.5 Å². The maximum absolute atomic E-state index is 4.22. The van der Waals surface area contributed by atoms with Crippen molar-refractivity contribution in [2.75, 3.05) is 5.32 Å². The minimum atomic E-state index is 0.727. The number of aryl methyl sites for hydroxylation is 2. The molecular formula is C12H17N5. The van der Waals surface area contributed by atoms with Crippen LogP contribution >= 0.6 is 0 Å². The molecule has 0 bridgehead atoms. The Bertz CT molecular complexity index is 477. The van der Waals surface area contributed by atoms with Crippen molar-refractivity contribution in [3.05, 3.63) is 35.5 Å². The number of anilines is 1. The molecule has 0 atom stereocenters. The largest absolute Gasteiger partial charge is 0.366 e. The van der Waals surface area contributed by atoms with Crippen LogP contribution in [0.4, 0.5) is 5.82 Å². The van der Waals surface area contributed by atoms with Gasteiger partial charge >= 0.3 is 0 Å². The maximum atomic E-state index is 4.22. The molecule has 0 radical (unpaired) electrons. The number of hydrogen-bond donors (Lipinski definition) is 2. The summed E-state index contributed by atoms with van der Waals surface area (Å²) in [4.78, 5) is 8.42. The van der Waals surface area contributed by atoms with Crippen molar-refractivity contribution in [2.24, 2.45) is 0 Å². The van der Waals surface area contributed by atoms with Crippen LogP contribution in [0.2, 0.25) is 0 Å². The predicted octanol–water partition coefficient (Wildman–Crippen LogP) is 2.07. The molecule has 0 amide bonds. The van der Waals surface area contributed by atoms with Gasteiger partial charge in [0.15, 0.2) is 0 Å². The van der Waals surface area contributed by atoms with Crippen LogP contribution in [-0.4, -0.2) is 20.2 Å². The van der Waals surface area contributed by atoms with Crippen LogP contribution in [-0.2, 0) is 13.0 Å². The van der Waals surface area contributed by atoms with Crippen molar-refractivity contribution in [3.63, 3.8) is 0 Å². The summed E-state index contributed by atoms with van der Waals surface area (Å²) in [5.74, 6) is 0.865. The highest BCUT2D eigenvalue weighted by Gasteiger charge is 2.01. The summed E-state index contributed by atoms with van der Waals surface area (Å²) in [6.45, 7) is 4.88. The van der Waals surface area contributed by atoms with Crippen LogP contribution in [0.25, 0.3) is 0 Å². The maximum Gasteiger partial charge on any atom is 0.129 e. The highest BCUT2D eigenvalue weighted by Crippen LogP contribution is 2.09. The highest BCUT2D eigenvalue weighted by molar-refractivity contribution is 5.36. The zero-order chi connectivity index (χ0) is 12.1. The van der Waals surface area contributed by atoms with Gasteiger partial charge in [-0.3, -0.25) is 5.10 Å². The minimum Gasteiger partial charge on any atom is -0.366 e. The first-order valence-electron chi connectivity index (χ1n) is 5.83. The van der Waals surface area contributed by atoms with E-state index in [2.05, 4.69) is 32.4 Å². The Morgan fingerprint density at radius 2 is 2.24 bits per heavy atom. The Morgan fingerprint density at radius 3 is 2.94 bits per heavy atom. The lowest BCUT2D eigenvalue weighted by atomic mass is 10.2. The van der Waals surface area contributed by atoms with E-state index >= 15 is 0 Å². The van der Waals surface area contributed by atoms with Crippen molar-refractivity contribution in [2.45, 2.75) is 33.2 Å². The molecule has 2 aromatic heterocycles. The molecule has 0 saturated heterocycles. The molecule has 90 valence electrons. The molecule has 0 unspecified atom stereocenters. The van der Waals surface area contributed by atoms with Crippen LogP contribution in [0.15, 0.2) is 18.6 Å². The Hall–Kier alpha value is -1.91. The monoisotopic (exact) mass is 231 g/mol. The number of rotatable bonds is 5. The number of aromatic amines is 1. The molecule has 0 aliphatic carbocycles. The van der Waals surface area contributed by atoms with Gasteiger partial charge in [-0.25, -0.2) is 9.97 Å². The molecule has 0 saturated carbocycles. The van der Waals surface area contributed by atoms with Crippen molar-refractivity contribution < 1.29 is 0 Å². The van der Waals surface area contributed by atoms with Crippen molar-refractivity contribution in [1.82, 2.24) is 20.2 Å². The molecule has 2 aromatic rings. The van der Waals surface area contributed by atoms with E-state index in [-0.39, 0.29) is 0 Å². The minimum absolute atomic E-state index is 0.727. The summed E-state index contributed by atoms with van der Waals surface area (Å²) in [5.41, 5.74) is 3.31. The average Bonchev–Trinajstić information content (AvgIpc) is 2.73. The molecule has 0 aliphatic heterocycles. The third-order valence-electron chi connectivity index (χ3n) is 2.62. The summed E-state index contributed by atoms with van der Waals surface area (Å²) in [6.07, 6.45) is 5.52. The van der Waals surface area contributed by atoms with Gasteiger partial charge in [0.1, 0.15) is 12.1 Å². The van der Waals surface area contributed by atoms with Crippen molar-refractivity contribution in [3.8, 4) is 0 Å². The molecule has 0 aromatic carbocycles. The van der Waals surface area contributed by atoms with Crippen LogP contribution in [0.1, 0.15) is 30.3 Å². The first-order valence-corrected chi connectivity index (χ1v) is 5.83.